The molecular formula is C11H15. The van der Waals surface area contributed by atoms with Gasteiger partial charge in [0.1, 0.15) is 0 Å². The molecule has 0 N–H and O–H groups in total. The molecule has 1 aliphatic rings. The highest BCUT2D eigenvalue weighted by Gasteiger charge is 1.82. The van der Waals surface area contributed by atoms with Crippen molar-refractivity contribution >= 4 is 0 Å². The van der Waals surface area contributed by atoms with Crippen LogP contribution in [0.4, 0.5) is 0 Å². The molecule has 0 saturated heterocycles. The fourth-order valence-electron chi connectivity index (χ4n) is 1.04. The third-order valence-corrected chi connectivity index (χ3v) is 1.67. The average Bonchev–Trinajstić information content (AvgIpc) is 2.08. The Morgan fingerprint density at radius 1 is 0.727 bits per heavy atom. The van der Waals surface area contributed by atoms with Crippen LogP contribution in [0.2, 0.25) is 0 Å². The fourth-order valence-corrected chi connectivity index (χ4v) is 1.04. The Labute approximate surface area is 69.3 Å². The van der Waals surface area contributed by atoms with E-state index in [0.29, 0.717) is 0 Å². The van der Waals surface area contributed by atoms with Crippen LogP contribution in [-0.4, -0.2) is 0 Å². The molecule has 0 unspecified atom stereocenters. The quantitative estimate of drug-likeness (QED) is 0.460. The second-order valence-electron chi connectivity index (χ2n) is 2.69. The maximum atomic E-state index is 2.27. The molecule has 0 heterocycles. The van der Waals surface area contributed by atoms with E-state index in [2.05, 4.69) is 42.9 Å². The molecule has 11 heavy (non-hydrogen) atoms. The smallest absolute Gasteiger partial charge is 0.0130 e. The van der Waals surface area contributed by atoms with Gasteiger partial charge in [0.15, 0.2) is 0 Å². The Balaban J connectivity index is 2.34. The lowest BCUT2D eigenvalue weighted by Gasteiger charge is -1.88. The minimum atomic E-state index is 1.07. The molecule has 0 atom stereocenters. The summed E-state index contributed by atoms with van der Waals surface area (Å²) >= 11 is 0. The van der Waals surface area contributed by atoms with Gasteiger partial charge in [0, 0.05) is 0 Å². The first-order valence-electron chi connectivity index (χ1n) is 4.30. The topological polar surface area (TPSA) is 0 Å². The van der Waals surface area contributed by atoms with Gasteiger partial charge in [-0.25, -0.2) is 0 Å². The van der Waals surface area contributed by atoms with Gasteiger partial charge in [0.25, 0.3) is 0 Å². The lowest BCUT2D eigenvalue weighted by molar-refractivity contribution is 0.866. The van der Waals surface area contributed by atoms with E-state index in [9.17, 15) is 0 Å². The first kappa shape index (κ1) is 8.32. The van der Waals surface area contributed by atoms with Gasteiger partial charge in [0.2, 0.25) is 0 Å². The van der Waals surface area contributed by atoms with E-state index in [1.54, 1.807) is 0 Å². The van der Waals surface area contributed by atoms with Crippen molar-refractivity contribution in [2.75, 3.05) is 0 Å². The van der Waals surface area contributed by atoms with Crippen molar-refractivity contribution in [1.29, 1.82) is 0 Å². The van der Waals surface area contributed by atoms with Crippen molar-refractivity contribution in [2.24, 2.45) is 0 Å². The van der Waals surface area contributed by atoms with Crippen molar-refractivity contribution in [1.82, 2.24) is 0 Å². The lowest BCUT2D eigenvalue weighted by Crippen LogP contribution is -1.68. The molecule has 59 valence electrons. The van der Waals surface area contributed by atoms with Crippen LogP contribution in [0.1, 0.15) is 25.7 Å². The Morgan fingerprint density at radius 2 is 1.64 bits per heavy atom. The summed E-state index contributed by atoms with van der Waals surface area (Å²) in [4.78, 5) is 0. The third kappa shape index (κ3) is 4.60. The second kappa shape index (κ2) is 5.96. The first-order valence-corrected chi connectivity index (χ1v) is 4.30. The summed E-state index contributed by atoms with van der Waals surface area (Å²) in [6.07, 6.45) is 20.0. The molecule has 1 aliphatic carbocycles. The van der Waals surface area contributed by atoms with E-state index in [4.69, 9.17) is 0 Å². The number of hydrogen-bond acceptors (Lipinski definition) is 0. The minimum Gasteiger partial charge on any atom is -0.0885 e. The minimum absolute atomic E-state index is 1.07. The van der Waals surface area contributed by atoms with E-state index in [1.807, 2.05) is 0 Å². The van der Waals surface area contributed by atoms with Crippen molar-refractivity contribution in [3.63, 3.8) is 0 Å². The summed E-state index contributed by atoms with van der Waals surface area (Å²) < 4.78 is 0. The molecule has 0 fully saturated rings. The molecule has 0 heteroatoms. The first-order chi connectivity index (χ1) is 5.50. The summed E-state index contributed by atoms with van der Waals surface area (Å²) in [5.74, 6) is 0. The van der Waals surface area contributed by atoms with Crippen LogP contribution in [0.15, 0.2) is 36.5 Å². The normalized spacial score (nSPS) is 28.4. The van der Waals surface area contributed by atoms with Gasteiger partial charge in [-0.2, -0.15) is 0 Å². The molecule has 0 amide bonds. The van der Waals surface area contributed by atoms with Gasteiger partial charge in [0.05, 0.1) is 0 Å². The van der Waals surface area contributed by atoms with E-state index in [1.165, 1.54) is 19.3 Å². The van der Waals surface area contributed by atoms with Crippen molar-refractivity contribution in [2.45, 2.75) is 25.7 Å². The van der Waals surface area contributed by atoms with Crippen LogP contribution < -0.4 is 0 Å². The number of allylic oxidation sites excluding steroid dienone is 6. The summed E-state index contributed by atoms with van der Waals surface area (Å²) in [6, 6.07) is 0. The highest BCUT2D eigenvalue weighted by molar-refractivity contribution is 5.09. The summed E-state index contributed by atoms with van der Waals surface area (Å²) in [5.41, 5.74) is 0. The van der Waals surface area contributed by atoms with Crippen molar-refractivity contribution in [3.05, 3.63) is 42.9 Å². The summed E-state index contributed by atoms with van der Waals surface area (Å²) in [7, 11) is 0. The lowest BCUT2D eigenvalue weighted by atomic mass is 10.2. The molecule has 1 radical (unpaired) electrons. The molecule has 1 rings (SSSR count). The fraction of sp³-hybridized carbons (Fsp3) is 0.364. The van der Waals surface area contributed by atoms with Crippen LogP contribution in [0.3, 0.4) is 0 Å². The molecule has 0 saturated carbocycles. The summed E-state index contributed by atoms with van der Waals surface area (Å²) in [6.45, 7) is 0. The van der Waals surface area contributed by atoms with E-state index in [-0.39, 0.29) is 0 Å². The second-order valence-corrected chi connectivity index (χ2v) is 2.69. The molecule has 0 bridgehead atoms. The Kier molecular flexibility index (Phi) is 4.51. The van der Waals surface area contributed by atoms with E-state index >= 15 is 0 Å². The number of rotatable bonds is 0. The van der Waals surface area contributed by atoms with Crippen molar-refractivity contribution in [3.8, 4) is 0 Å². The molecule has 0 nitrogen and oxygen atoms in total. The molecular weight excluding hydrogens is 132 g/mol. The zero-order valence-electron chi connectivity index (χ0n) is 6.87. The molecule has 0 aromatic rings. The predicted octanol–water partition coefficient (Wildman–Crippen LogP) is 3.43. The maximum Gasteiger partial charge on any atom is -0.0130 e. The predicted molar refractivity (Wildman–Crippen MR) is 50.2 cm³/mol. The van der Waals surface area contributed by atoms with Crippen LogP contribution >= 0.6 is 0 Å². The molecule has 0 spiro atoms. The van der Waals surface area contributed by atoms with E-state index < -0.39 is 0 Å². The van der Waals surface area contributed by atoms with E-state index in [0.717, 1.165) is 6.42 Å². The van der Waals surface area contributed by atoms with Gasteiger partial charge >= 0.3 is 0 Å². The van der Waals surface area contributed by atoms with Crippen molar-refractivity contribution < 1.29 is 0 Å². The van der Waals surface area contributed by atoms with Crippen LogP contribution in [-0.2, 0) is 0 Å². The Hall–Kier alpha value is -0.780. The van der Waals surface area contributed by atoms with Gasteiger partial charge in [-0.1, -0.05) is 36.5 Å². The number of hydrogen-bond donors (Lipinski definition) is 0. The third-order valence-electron chi connectivity index (χ3n) is 1.67. The molecule has 0 aromatic heterocycles. The van der Waals surface area contributed by atoms with Gasteiger partial charge in [-0.15, -0.1) is 0 Å². The Bertz CT molecular complexity index is 161. The molecule has 0 aromatic carbocycles. The van der Waals surface area contributed by atoms with Gasteiger partial charge in [-0.05, 0) is 32.1 Å². The zero-order valence-corrected chi connectivity index (χ0v) is 6.87. The standard InChI is InChI=1S/C11H15/c1-2-4-6-8-10-11-9-7-5-3-1/h1-5,8,10H,6-7,9,11H2/b2-1+,5-3-,10-8+. The maximum absolute atomic E-state index is 2.27. The summed E-state index contributed by atoms with van der Waals surface area (Å²) in [5, 5.41) is 0. The van der Waals surface area contributed by atoms with Crippen LogP contribution in [0.5, 0.6) is 0 Å². The van der Waals surface area contributed by atoms with Crippen LogP contribution in [0, 0.1) is 6.42 Å². The van der Waals surface area contributed by atoms with Gasteiger partial charge < -0.3 is 0 Å². The largest absolute Gasteiger partial charge is 0.0885 e. The van der Waals surface area contributed by atoms with Crippen LogP contribution in [0.25, 0.3) is 0 Å². The highest BCUT2D eigenvalue weighted by atomic mass is 13.9. The zero-order chi connectivity index (χ0) is 7.78. The monoisotopic (exact) mass is 147 g/mol. The average molecular weight is 147 g/mol. The SMILES string of the molecule is [CH]1/C=C/C=C\CCC/C=C/C1. The van der Waals surface area contributed by atoms with Gasteiger partial charge in [-0.3, -0.25) is 0 Å². The molecule has 0 aliphatic heterocycles. The Morgan fingerprint density at radius 3 is 2.64 bits per heavy atom. The highest BCUT2D eigenvalue weighted by Crippen LogP contribution is 2.01.